The Kier molecular flexibility index (Phi) is 4.07. The summed E-state index contributed by atoms with van der Waals surface area (Å²) in [5, 5.41) is 0. The summed E-state index contributed by atoms with van der Waals surface area (Å²) in [4.78, 5) is 17.1. The average molecular weight is 441 g/mol. The Bertz CT molecular complexity index is 1320. The zero-order valence-electron chi connectivity index (χ0n) is 17.2. The maximum Gasteiger partial charge on any atom is 0.306 e. The third kappa shape index (κ3) is 2.98. The van der Waals surface area contributed by atoms with E-state index in [1.807, 2.05) is 30.3 Å². The van der Waals surface area contributed by atoms with Gasteiger partial charge in [-0.1, -0.05) is 18.2 Å². The maximum absolute atomic E-state index is 14.9. The molecule has 2 N–H and O–H groups in total. The first kappa shape index (κ1) is 19.5. The van der Waals surface area contributed by atoms with Crippen LogP contribution in [-0.4, -0.2) is 26.7 Å². The van der Waals surface area contributed by atoms with Crippen molar-refractivity contribution < 1.29 is 13.5 Å². The summed E-state index contributed by atoms with van der Waals surface area (Å²) < 4.78 is 35.8. The molecule has 1 aromatic carbocycles. The van der Waals surface area contributed by atoms with Gasteiger partial charge in [0.25, 0.3) is 0 Å². The molecule has 1 spiro atoms. The molecule has 2 aliphatic heterocycles. The normalized spacial score (nSPS) is 20.0. The zero-order chi connectivity index (χ0) is 22.6. The SMILES string of the molecule is NC1=NC2(CC1(F)F)c1cc(-c3cccnc3)ccc1Oc1ncc(-c3cccnc3)cc12. The van der Waals surface area contributed by atoms with E-state index in [0.29, 0.717) is 16.9 Å². The number of nitrogens with zero attached hydrogens (tertiary/aromatic N) is 4. The van der Waals surface area contributed by atoms with Crippen molar-refractivity contribution in [1.29, 1.82) is 0 Å². The highest BCUT2D eigenvalue weighted by Gasteiger charge is 2.57. The number of halogens is 2. The standard InChI is InChI=1S/C25H17F2N5O/c26-25(27)14-24(32-23(25)28)19-9-15(16-3-1-7-29-11-16)5-6-21(19)33-22-20(24)10-18(13-31-22)17-4-2-8-30-12-17/h1-13H,14H2,(H2,28,32). The van der Waals surface area contributed by atoms with Gasteiger partial charge in [0.05, 0.1) is 6.42 Å². The fourth-order valence-electron chi connectivity index (χ4n) is 4.48. The minimum Gasteiger partial charge on any atom is -0.438 e. The summed E-state index contributed by atoms with van der Waals surface area (Å²) in [5.41, 5.74) is 8.47. The summed E-state index contributed by atoms with van der Waals surface area (Å²) in [5.74, 6) is -3.30. The summed E-state index contributed by atoms with van der Waals surface area (Å²) in [7, 11) is 0. The molecule has 1 unspecified atom stereocenters. The topological polar surface area (TPSA) is 86.3 Å². The van der Waals surface area contributed by atoms with Crippen LogP contribution < -0.4 is 10.5 Å². The Balaban J connectivity index is 1.59. The second kappa shape index (κ2) is 6.90. The number of hydrogen-bond donors (Lipinski definition) is 1. The van der Waals surface area contributed by atoms with Crippen LogP contribution in [-0.2, 0) is 5.54 Å². The zero-order valence-corrected chi connectivity index (χ0v) is 17.2. The van der Waals surface area contributed by atoms with Gasteiger partial charge in [0.2, 0.25) is 5.88 Å². The van der Waals surface area contributed by atoms with E-state index in [1.165, 1.54) is 0 Å². The van der Waals surface area contributed by atoms with E-state index in [1.54, 1.807) is 49.2 Å². The number of pyridine rings is 3. The summed E-state index contributed by atoms with van der Waals surface area (Å²) in [6, 6.07) is 14.6. The molecule has 8 heteroatoms. The summed E-state index contributed by atoms with van der Waals surface area (Å²) in [6.45, 7) is 0. The summed E-state index contributed by atoms with van der Waals surface area (Å²) in [6.07, 6.45) is 7.78. The van der Waals surface area contributed by atoms with Crippen LogP contribution in [0, 0.1) is 0 Å². The molecule has 0 bridgehead atoms. The first-order chi connectivity index (χ1) is 16.0. The predicted octanol–water partition coefficient (Wildman–Crippen LogP) is 4.95. The molecule has 0 amide bonds. The number of ether oxygens (including phenoxy) is 1. The lowest BCUT2D eigenvalue weighted by molar-refractivity contribution is 0.0614. The largest absolute Gasteiger partial charge is 0.438 e. The first-order valence-corrected chi connectivity index (χ1v) is 10.3. The number of fused-ring (bicyclic) bond motifs is 4. The van der Waals surface area contributed by atoms with Crippen LogP contribution in [0.4, 0.5) is 8.78 Å². The van der Waals surface area contributed by atoms with Crippen LogP contribution in [0.25, 0.3) is 22.3 Å². The van der Waals surface area contributed by atoms with Crippen LogP contribution in [0.5, 0.6) is 11.6 Å². The van der Waals surface area contributed by atoms with Crippen LogP contribution in [0.1, 0.15) is 17.5 Å². The van der Waals surface area contributed by atoms with Crippen molar-refractivity contribution in [3.05, 3.63) is 90.6 Å². The molecule has 6 nitrogen and oxygen atoms in total. The molecule has 6 rings (SSSR count). The molecule has 1 atom stereocenters. The van der Waals surface area contributed by atoms with Gasteiger partial charge in [-0.05, 0) is 35.9 Å². The van der Waals surface area contributed by atoms with Gasteiger partial charge in [-0.15, -0.1) is 0 Å². The number of benzene rings is 1. The van der Waals surface area contributed by atoms with Crippen molar-refractivity contribution >= 4 is 5.84 Å². The smallest absolute Gasteiger partial charge is 0.306 e. The van der Waals surface area contributed by atoms with E-state index in [2.05, 4.69) is 19.9 Å². The second-order valence-electron chi connectivity index (χ2n) is 8.11. The lowest BCUT2D eigenvalue weighted by atomic mass is 9.77. The highest BCUT2D eigenvalue weighted by Crippen LogP contribution is 2.56. The maximum atomic E-state index is 14.9. The van der Waals surface area contributed by atoms with E-state index in [0.717, 1.165) is 22.3 Å². The Morgan fingerprint density at radius 3 is 2.15 bits per heavy atom. The monoisotopic (exact) mass is 441 g/mol. The number of aliphatic imine (C=N–C) groups is 1. The highest BCUT2D eigenvalue weighted by atomic mass is 19.3. The van der Waals surface area contributed by atoms with E-state index in [-0.39, 0.29) is 5.88 Å². The molecular weight excluding hydrogens is 424 g/mol. The number of alkyl halides is 2. The molecule has 2 aliphatic rings. The van der Waals surface area contributed by atoms with Gasteiger partial charge in [0.15, 0.2) is 5.84 Å². The van der Waals surface area contributed by atoms with Crippen molar-refractivity contribution in [3.8, 4) is 33.9 Å². The Labute approximate surface area is 187 Å². The van der Waals surface area contributed by atoms with Gasteiger partial charge >= 0.3 is 5.92 Å². The van der Waals surface area contributed by atoms with Crippen LogP contribution >= 0.6 is 0 Å². The van der Waals surface area contributed by atoms with Gasteiger partial charge in [0.1, 0.15) is 11.3 Å². The van der Waals surface area contributed by atoms with Crippen molar-refractivity contribution in [2.45, 2.75) is 17.9 Å². The van der Waals surface area contributed by atoms with E-state index < -0.39 is 23.7 Å². The molecule has 5 heterocycles. The molecule has 0 fully saturated rings. The van der Waals surface area contributed by atoms with Crippen LogP contribution in [0.3, 0.4) is 0 Å². The van der Waals surface area contributed by atoms with Crippen molar-refractivity contribution in [3.63, 3.8) is 0 Å². The Morgan fingerprint density at radius 2 is 1.52 bits per heavy atom. The van der Waals surface area contributed by atoms with Gasteiger partial charge in [0, 0.05) is 58.8 Å². The minimum absolute atomic E-state index is 0.235. The number of nitrogens with two attached hydrogens (primary N) is 1. The van der Waals surface area contributed by atoms with Crippen molar-refractivity contribution in [2.75, 3.05) is 0 Å². The van der Waals surface area contributed by atoms with E-state index >= 15 is 0 Å². The number of hydrogen-bond acceptors (Lipinski definition) is 6. The predicted molar refractivity (Wildman–Crippen MR) is 119 cm³/mol. The number of aromatic nitrogens is 3. The molecule has 4 aromatic rings. The molecule has 0 saturated heterocycles. The van der Waals surface area contributed by atoms with Gasteiger partial charge in [-0.25, -0.2) is 4.98 Å². The Hall–Kier alpha value is -4.20. The van der Waals surface area contributed by atoms with Crippen LogP contribution in [0.2, 0.25) is 0 Å². The minimum atomic E-state index is -3.26. The third-order valence-electron chi connectivity index (χ3n) is 6.08. The fourth-order valence-corrected chi connectivity index (χ4v) is 4.48. The highest BCUT2D eigenvalue weighted by molar-refractivity contribution is 5.91. The van der Waals surface area contributed by atoms with E-state index in [9.17, 15) is 8.78 Å². The van der Waals surface area contributed by atoms with Gasteiger partial charge < -0.3 is 10.5 Å². The quantitative estimate of drug-likeness (QED) is 0.476. The molecule has 0 radical (unpaired) electrons. The van der Waals surface area contributed by atoms with Crippen molar-refractivity contribution in [2.24, 2.45) is 10.7 Å². The molecule has 33 heavy (non-hydrogen) atoms. The van der Waals surface area contributed by atoms with Crippen molar-refractivity contribution in [1.82, 2.24) is 15.0 Å². The second-order valence-corrected chi connectivity index (χ2v) is 8.11. The lowest BCUT2D eigenvalue weighted by Crippen LogP contribution is -2.34. The van der Waals surface area contributed by atoms with Crippen LogP contribution in [0.15, 0.2) is 84.5 Å². The van der Waals surface area contributed by atoms with Gasteiger partial charge in [-0.3, -0.25) is 15.0 Å². The molecule has 0 aliphatic carbocycles. The number of rotatable bonds is 2. The van der Waals surface area contributed by atoms with Gasteiger partial charge in [-0.2, -0.15) is 8.78 Å². The lowest BCUT2D eigenvalue weighted by Gasteiger charge is -2.35. The first-order valence-electron chi connectivity index (χ1n) is 10.3. The molecule has 0 saturated carbocycles. The van der Waals surface area contributed by atoms with E-state index in [4.69, 9.17) is 10.5 Å². The summed E-state index contributed by atoms with van der Waals surface area (Å²) >= 11 is 0. The molecular formula is C25H17F2N5O. The Morgan fingerprint density at radius 1 is 0.818 bits per heavy atom. The fraction of sp³-hybridized carbons (Fsp3) is 0.120. The third-order valence-corrected chi connectivity index (χ3v) is 6.08. The molecule has 162 valence electrons. The average Bonchev–Trinajstić information content (AvgIpc) is 3.09. The molecule has 3 aromatic heterocycles. The number of amidine groups is 1.